The normalized spacial score (nSPS) is 14.3. The molecule has 1 N–H and O–H groups in total. The predicted octanol–water partition coefficient (Wildman–Crippen LogP) is 4.83. The van der Waals surface area contributed by atoms with Crippen molar-refractivity contribution in [1.82, 2.24) is 0 Å². The summed E-state index contributed by atoms with van der Waals surface area (Å²) in [6.07, 6.45) is 3.48. The van der Waals surface area contributed by atoms with Gasteiger partial charge >= 0.3 is 5.97 Å². The van der Waals surface area contributed by atoms with Crippen molar-refractivity contribution < 1.29 is 23.8 Å². The Hall–Kier alpha value is -3.32. The molecule has 0 fully saturated rings. The number of anilines is 1. The van der Waals surface area contributed by atoms with Crippen LogP contribution in [0.4, 0.5) is 5.69 Å². The lowest BCUT2D eigenvalue weighted by molar-refractivity contribution is -0.129. The smallest absolute Gasteiger partial charge is 0.363 e. The van der Waals surface area contributed by atoms with E-state index in [-0.39, 0.29) is 17.5 Å². The van der Waals surface area contributed by atoms with Gasteiger partial charge in [-0.3, -0.25) is 4.79 Å². The van der Waals surface area contributed by atoms with Gasteiger partial charge in [-0.25, -0.2) is 9.79 Å². The second-order valence-corrected chi connectivity index (χ2v) is 7.24. The van der Waals surface area contributed by atoms with E-state index >= 15 is 0 Å². The fraction of sp³-hybridized carbons (Fsp3) is 0.261. The van der Waals surface area contributed by atoms with Crippen LogP contribution in [0, 0.1) is 0 Å². The number of esters is 1. The average molecular weight is 443 g/mol. The number of cyclic esters (lactones) is 1. The number of carbonyl (C=O) groups is 2. The summed E-state index contributed by atoms with van der Waals surface area (Å²) in [5.41, 5.74) is 2.02. The number of aliphatic imine (C=N–C) groups is 1. The van der Waals surface area contributed by atoms with E-state index in [0.717, 1.165) is 12.8 Å². The lowest BCUT2D eigenvalue weighted by Gasteiger charge is -2.13. The molecule has 0 saturated carbocycles. The molecule has 2 aromatic carbocycles. The molecule has 31 heavy (non-hydrogen) atoms. The Labute approximate surface area is 185 Å². The lowest BCUT2D eigenvalue weighted by atomic mass is 10.1. The minimum Gasteiger partial charge on any atom is -0.493 e. The van der Waals surface area contributed by atoms with E-state index in [0.29, 0.717) is 39.9 Å². The molecule has 0 bridgehead atoms. The van der Waals surface area contributed by atoms with Crippen LogP contribution in [0.25, 0.3) is 6.08 Å². The second kappa shape index (κ2) is 10.1. The third-order valence-corrected chi connectivity index (χ3v) is 4.65. The van der Waals surface area contributed by atoms with Crippen LogP contribution in [-0.2, 0) is 14.3 Å². The fourth-order valence-electron chi connectivity index (χ4n) is 2.87. The highest BCUT2D eigenvalue weighted by atomic mass is 35.5. The summed E-state index contributed by atoms with van der Waals surface area (Å²) >= 11 is 6.37. The van der Waals surface area contributed by atoms with Crippen molar-refractivity contribution >= 4 is 41.1 Å². The van der Waals surface area contributed by atoms with Gasteiger partial charge in [0.25, 0.3) is 0 Å². The molecule has 0 aliphatic carbocycles. The van der Waals surface area contributed by atoms with Gasteiger partial charge < -0.3 is 19.5 Å². The zero-order valence-electron chi connectivity index (χ0n) is 17.5. The van der Waals surface area contributed by atoms with Crippen molar-refractivity contribution in [2.24, 2.45) is 4.99 Å². The zero-order chi connectivity index (χ0) is 22.4. The van der Waals surface area contributed by atoms with Crippen molar-refractivity contribution in [2.75, 3.05) is 19.0 Å². The molecular formula is C23H23ClN2O5. The SMILES string of the molecule is CCCCOc1c(Cl)cc(/C=C2\N=C(c3ccc(NC(C)=O)cc3)OC2=O)cc1OC. The van der Waals surface area contributed by atoms with Crippen LogP contribution in [0.1, 0.15) is 37.8 Å². The third-order valence-electron chi connectivity index (χ3n) is 4.37. The molecule has 8 heteroatoms. The molecule has 2 aromatic rings. The zero-order valence-corrected chi connectivity index (χ0v) is 18.3. The summed E-state index contributed by atoms with van der Waals surface area (Å²) in [5.74, 6) is 0.387. The van der Waals surface area contributed by atoms with Gasteiger partial charge in [-0.05, 0) is 54.5 Å². The Morgan fingerprint density at radius 3 is 2.65 bits per heavy atom. The van der Waals surface area contributed by atoms with Crippen molar-refractivity contribution in [1.29, 1.82) is 0 Å². The van der Waals surface area contributed by atoms with Crippen molar-refractivity contribution in [3.05, 3.63) is 58.2 Å². The van der Waals surface area contributed by atoms with E-state index in [2.05, 4.69) is 17.2 Å². The highest BCUT2D eigenvalue weighted by Gasteiger charge is 2.24. The largest absolute Gasteiger partial charge is 0.493 e. The Kier molecular flexibility index (Phi) is 7.31. The van der Waals surface area contributed by atoms with Crippen LogP contribution in [0.5, 0.6) is 11.5 Å². The van der Waals surface area contributed by atoms with Gasteiger partial charge in [0, 0.05) is 18.2 Å². The lowest BCUT2D eigenvalue weighted by Crippen LogP contribution is -2.07. The van der Waals surface area contributed by atoms with Crippen molar-refractivity contribution in [2.45, 2.75) is 26.7 Å². The summed E-state index contributed by atoms with van der Waals surface area (Å²) in [6, 6.07) is 10.2. The van der Waals surface area contributed by atoms with E-state index in [1.54, 1.807) is 42.5 Å². The van der Waals surface area contributed by atoms with E-state index < -0.39 is 5.97 Å². The number of benzene rings is 2. The number of amides is 1. The van der Waals surface area contributed by atoms with Crippen molar-refractivity contribution in [3.63, 3.8) is 0 Å². The molecule has 0 unspecified atom stereocenters. The first-order chi connectivity index (χ1) is 14.9. The summed E-state index contributed by atoms with van der Waals surface area (Å²) in [4.78, 5) is 27.7. The first-order valence-corrected chi connectivity index (χ1v) is 10.2. The maximum Gasteiger partial charge on any atom is 0.363 e. The molecule has 0 aromatic heterocycles. The Bertz CT molecular complexity index is 1040. The number of hydrogen-bond acceptors (Lipinski definition) is 6. The number of carbonyl (C=O) groups excluding carboxylic acids is 2. The van der Waals surface area contributed by atoms with E-state index in [4.69, 9.17) is 25.8 Å². The summed E-state index contributed by atoms with van der Waals surface area (Å²) in [7, 11) is 1.53. The molecular weight excluding hydrogens is 420 g/mol. The maximum atomic E-state index is 12.3. The molecule has 7 nitrogen and oxygen atoms in total. The van der Waals surface area contributed by atoms with Gasteiger partial charge in [0.05, 0.1) is 18.7 Å². The number of rotatable bonds is 8. The van der Waals surface area contributed by atoms with Crippen molar-refractivity contribution in [3.8, 4) is 11.5 Å². The minimum absolute atomic E-state index is 0.138. The van der Waals surface area contributed by atoms with Crippen LogP contribution in [-0.4, -0.2) is 31.5 Å². The Morgan fingerprint density at radius 2 is 2.00 bits per heavy atom. The maximum absolute atomic E-state index is 12.3. The summed E-state index contributed by atoms with van der Waals surface area (Å²) in [6.45, 7) is 4.04. The van der Waals surface area contributed by atoms with E-state index in [1.165, 1.54) is 14.0 Å². The van der Waals surface area contributed by atoms with Gasteiger partial charge in [0.15, 0.2) is 17.2 Å². The number of nitrogens with one attached hydrogen (secondary N) is 1. The first-order valence-electron chi connectivity index (χ1n) is 9.82. The predicted molar refractivity (Wildman–Crippen MR) is 120 cm³/mol. The summed E-state index contributed by atoms with van der Waals surface area (Å²) < 4.78 is 16.4. The first kappa shape index (κ1) is 22.4. The van der Waals surface area contributed by atoms with Gasteiger partial charge in [-0.2, -0.15) is 0 Å². The van der Waals surface area contributed by atoms with Crippen LogP contribution in [0.2, 0.25) is 5.02 Å². The number of nitrogens with zero attached hydrogens (tertiary/aromatic N) is 1. The van der Waals surface area contributed by atoms with Gasteiger partial charge in [0.1, 0.15) is 0 Å². The highest BCUT2D eigenvalue weighted by Crippen LogP contribution is 2.37. The van der Waals surface area contributed by atoms with E-state index in [1.807, 2.05) is 0 Å². The van der Waals surface area contributed by atoms with Crippen LogP contribution >= 0.6 is 11.6 Å². The molecule has 1 aliphatic rings. The topological polar surface area (TPSA) is 86.2 Å². The molecule has 1 amide bonds. The Morgan fingerprint density at radius 1 is 1.26 bits per heavy atom. The molecule has 162 valence electrons. The number of ether oxygens (including phenoxy) is 3. The average Bonchev–Trinajstić information content (AvgIpc) is 3.09. The fourth-order valence-corrected chi connectivity index (χ4v) is 3.15. The van der Waals surface area contributed by atoms with E-state index in [9.17, 15) is 9.59 Å². The standard InChI is InChI=1S/C23H23ClN2O5/c1-4-5-10-30-21-18(24)11-15(13-20(21)29-3)12-19-23(28)31-22(26-19)16-6-8-17(9-7-16)25-14(2)27/h6-9,11-13H,4-5,10H2,1-3H3,(H,25,27)/b19-12-. The number of halogens is 1. The molecule has 3 rings (SSSR count). The number of methoxy groups -OCH3 is 1. The van der Waals surface area contributed by atoms with Gasteiger partial charge in [-0.15, -0.1) is 0 Å². The third kappa shape index (κ3) is 5.64. The highest BCUT2D eigenvalue weighted by molar-refractivity contribution is 6.32. The van der Waals surface area contributed by atoms with Crippen LogP contribution < -0.4 is 14.8 Å². The quantitative estimate of drug-likeness (QED) is 0.359. The monoisotopic (exact) mass is 442 g/mol. The molecule has 0 atom stereocenters. The van der Waals surface area contributed by atoms with Crippen LogP contribution in [0.3, 0.4) is 0 Å². The second-order valence-electron chi connectivity index (χ2n) is 6.83. The van der Waals surface area contributed by atoms with Crippen LogP contribution in [0.15, 0.2) is 47.1 Å². The molecule has 0 spiro atoms. The van der Waals surface area contributed by atoms with Gasteiger partial charge in [-0.1, -0.05) is 24.9 Å². The Balaban J connectivity index is 1.84. The molecule has 1 aliphatic heterocycles. The minimum atomic E-state index is -0.570. The molecule has 0 radical (unpaired) electrons. The number of unbranched alkanes of at least 4 members (excludes halogenated alkanes) is 1. The number of hydrogen-bond donors (Lipinski definition) is 1. The van der Waals surface area contributed by atoms with Gasteiger partial charge in [0.2, 0.25) is 11.8 Å². The molecule has 0 saturated heterocycles. The summed E-state index contributed by atoms with van der Waals surface area (Å²) in [5, 5.41) is 3.06. The molecule has 1 heterocycles.